The number of nitrogens with zero attached hydrogens (tertiary/aromatic N) is 1. The van der Waals surface area contributed by atoms with Gasteiger partial charge < -0.3 is 14.8 Å². The van der Waals surface area contributed by atoms with E-state index in [9.17, 15) is 19.2 Å². The molecule has 1 aromatic carbocycles. The second-order valence-corrected chi connectivity index (χ2v) is 7.75. The fourth-order valence-electron chi connectivity index (χ4n) is 4.05. The number of rotatable bonds is 7. The van der Waals surface area contributed by atoms with Gasteiger partial charge in [-0.15, -0.1) is 0 Å². The first kappa shape index (κ1) is 21.8. The van der Waals surface area contributed by atoms with Gasteiger partial charge in [0, 0.05) is 5.69 Å². The number of anilines is 1. The minimum atomic E-state index is -1.08. The fraction of sp³-hybridized carbons (Fsp3) is 0.545. The monoisotopic (exact) mass is 416 g/mol. The Morgan fingerprint density at radius 3 is 2.17 bits per heavy atom. The molecule has 1 heterocycles. The van der Waals surface area contributed by atoms with Crippen LogP contribution in [0.1, 0.15) is 46.5 Å². The van der Waals surface area contributed by atoms with E-state index < -0.39 is 24.0 Å². The van der Waals surface area contributed by atoms with Gasteiger partial charge in [-0.25, -0.2) is 4.79 Å². The molecule has 0 spiro atoms. The molecule has 1 aliphatic carbocycles. The van der Waals surface area contributed by atoms with Gasteiger partial charge in [0.2, 0.25) is 11.8 Å². The number of carbonyl (C=O) groups excluding carboxylic acids is 4. The maximum absolute atomic E-state index is 12.6. The van der Waals surface area contributed by atoms with Crippen LogP contribution < -0.4 is 10.1 Å². The summed E-state index contributed by atoms with van der Waals surface area (Å²) in [5, 5.41) is 2.66. The lowest BCUT2D eigenvalue weighted by atomic mass is 9.81. The van der Waals surface area contributed by atoms with E-state index >= 15 is 0 Å². The van der Waals surface area contributed by atoms with Crippen LogP contribution in [0, 0.1) is 11.8 Å². The molecule has 8 nitrogen and oxygen atoms in total. The standard InChI is InChI=1S/C22H28N2O6/c1-4-29-16-11-9-15(10-12-16)23-19(25)14(3)30-22(28)13(2)24-20(26)17-7-5-6-8-18(17)21(24)27/h9-14,17-18H,4-8H2,1-3H3,(H,23,25)/t13-,14-,17-,18+/m0/s1. The van der Waals surface area contributed by atoms with Crippen molar-refractivity contribution in [2.75, 3.05) is 11.9 Å². The predicted molar refractivity (Wildman–Crippen MR) is 109 cm³/mol. The highest BCUT2D eigenvalue weighted by molar-refractivity contribution is 6.08. The summed E-state index contributed by atoms with van der Waals surface area (Å²) < 4.78 is 10.6. The number of fused-ring (bicyclic) bond motifs is 1. The van der Waals surface area contributed by atoms with Gasteiger partial charge in [-0.2, -0.15) is 0 Å². The Balaban J connectivity index is 1.57. The lowest BCUT2D eigenvalue weighted by Gasteiger charge is -2.23. The molecule has 2 fully saturated rings. The minimum absolute atomic E-state index is 0.305. The van der Waals surface area contributed by atoms with Gasteiger partial charge in [-0.1, -0.05) is 12.8 Å². The molecule has 30 heavy (non-hydrogen) atoms. The van der Waals surface area contributed by atoms with E-state index in [0.29, 0.717) is 30.9 Å². The van der Waals surface area contributed by atoms with E-state index in [-0.39, 0.29) is 23.7 Å². The lowest BCUT2D eigenvalue weighted by Crippen LogP contribution is -2.46. The minimum Gasteiger partial charge on any atom is -0.494 e. The average Bonchev–Trinajstić information content (AvgIpc) is 2.99. The van der Waals surface area contributed by atoms with Gasteiger partial charge in [-0.05, 0) is 57.9 Å². The number of imide groups is 1. The smallest absolute Gasteiger partial charge is 0.329 e. The number of likely N-dealkylation sites (tertiary alicyclic amines) is 1. The topological polar surface area (TPSA) is 102 Å². The molecule has 3 amide bonds. The number of hydrogen-bond acceptors (Lipinski definition) is 6. The van der Waals surface area contributed by atoms with Gasteiger partial charge in [0.15, 0.2) is 6.10 Å². The van der Waals surface area contributed by atoms with E-state index in [0.717, 1.165) is 17.7 Å². The zero-order valence-corrected chi connectivity index (χ0v) is 17.6. The third-order valence-electron chi connectivity index (χ3n) is 5.70. The molecule has 0 bridgehead atoms. The number of esters is 1. The zero-order chi connectivity index (χ0) is 21.8. The van der Waals surface area contributed by atoms with E-state index in [1.54, 1.807) is 24.3 Å². The summed E-state index contributed by atoms with van der Waals surface area (Å²) in [5.74, 6) is -1.87. The Morgan fingerprint density at radius 1 is 1.07 bits per heavy atom. The Morgan fingerprint density at radius 2 is 1.63 bits per heavy atom. The highest BCUT2D eigenvalue weighted by Crippen LogP contribution is 2.39. The van der Waals surface area contributed by atoms with Crippen molar-refractivity contribution < 1.29 is 28.7 Å². The van der Waals surface area contributed by atoms with Gasteiger partial charge >= 0.3 is 5.97 Å². The van der Waals surface area contributed by atoms with Crippen LogP contribution >= 0.6 is 0 Å². The summed E-state index contributed by atoms with van der Waals surface area (Å²) in [6.45, 7) is 5.33. The van der Waals surface area contributed by atoms with E-state index in [4.69, 9.17) is 9.47 Å². The number of hydrogen-bond donors (Lipinski definition) is 1. The van der Waals surface area contributed by atoms with E-state index in [2.05, 4.69) is 5.32 Å². The Bertz CT molecular complexity index is 797. The summed E-state index contributed by atoms with van der Waals surface area (Å²) in [5.41, 5.74) is 0.536. The van der Waals surface area contributed by atoms with Crippen LogP contribution in [-0.4, -0.2) is 47.3 Å². The third-order valence-corrected chi connectivity index (χ3v) is 5.70. The molecule has 1 saturated heterocycles. The van der Waals surface area contributed by atoms with Crippen molar-refractivity contribution in [3.8, 4) is 5.75 Å². The van der Waals surface area contributed by atoms with Gasteiger partial charge in [0.1, 0.15) is 11.8 Å². The second kappa shape index (κ2) is 9.28. The van der Waals surface area contributed by atoms with Crippen molar-refractivity contribution in [1.82, 2.24) is 4.90 Å². The fourth-order valence-corrected chi connectivity index (χ4v) is 4.05. The van der Waals surface area contributed by atoms with Crippen molar-refractivity contribution in [2.45, 2.75) is 58.6 Å². The van der Waals surface area contributed by atoms with Crippen LogP contribution in [0.4, 0.5) is 5.69 Å². The lowest BCUT2D eigenvalue weighted by molar-refractivity contribution is -0.163. The van der Waals surface area contributed by atoms with Gasteiger partial charge in [-0.3, -0.25) is 19.3 Å². The highest BCUT2D eigenvalue weighted by atomic mass is 16.5. The molecule has 2 aliphatic rings. The Hall–Kier alpha value is -2.90. The summed E-state index contributed by atoms with van der Waals surface area (Å²) in [7, 11) is 0. The molecule has 1 N–H and O–H groups in total. The molecular formula is C22H28N2O6. The summed E-state index contributed by atoms with van der Waals surface area (Å²) in [6, 6.07) is 5.76. The van der Waals surface area contributed by atoms with Crippen molar-refractivity contribution in [2.24, 2.45) is 11.8 Å². The first-order chi connectivity index (χ1) is 14.3. The van der Waals surface area contributed by atoms with Crippen molar-refractivity contribution >= 4 is 29.4 Å². The van der Waals surface area contributed by atoms with Gasteiger partial charge in [0.05, 0.1) is 18.4 Å². The van der Waals surface area contributed by atoms with Crippen molar-refractivity contribution in [3.05, 3.63) is 24.3 Å². The third kappa shape index (κ3) is 4.47. The summed E-state index contributed by atoms with van der Waals surface area (Å²) in [4.78, 5) is 51.2. The Kier molecular flexibility index (Phi) is 6.74. The number of benzene rings is 1. The molecule has 1 aliphatic heterocycles. The first-order valence-corrected chi connectivity index (χ1v) is 10.4. The highest BCUT2D eigenvalue weighted by Gasteiger charge is 2.51. The molecule has 0 radical (unpaired) electrons. The van der Waals surface area contributed by atoms with Gasteiger partial charge in [0.25, 0.3) is 5.91 Å². The van der Waals surface area contributed by atoms with Crippen molar-refractivity contribution in [3.63, 3.8) is 0 Å². The van der Waals surface area contributed by atoms with Crippen LogP contribution in [0.25, 0.3) is 0 Å². The average molecular weight is 416 g/mol. The summed E-state index contributed by atoms with van der Waals surface area (Å²) >= 11 is 0. The van der Waals surface area contributed by atoms with Crippen LogP contribution in [-0.2, 0) is 23.9 Å². The van der Waals surface area contributed by atoms with Crippen LogP contribution in [0.15, 0.2) is 24.3 Å². The van der Waals surface area contributed by atoms with Crippen LogP contribution in [0.2, 0.25) is 0 Å². The zero-order valence-electron chi connectivity index (χ0n) is 17.6. The SMILES string of the molecule is CCOc1ccc(NC(=O)[C@H](C)OC(=O)[C@H](C)N2C(=O)[C@H]3CCCC[C@H]3C2=O)cc1. The molecule has 0 aromatic heterocycles. The molecule has 0 unspecified atom stereocenters. The molecule has 162 valence electrons. The quantitative estimate of drug-likeness (QED) is 0.541. The molecule has 1 aromatic rings. The number of carbonyl (C=O) groups is 4. The number of amides is 3. The second-order valence-electron chi connectivity index (χ2n) is 7.75. The molecule has 8 heteroatoms. The van der Waals surface area contributed by atoms with Crippen LogP contribution in [0.5, 0.6) is 5.75 Å². The van der Waals surface area contributed by atoms with E-state index in [1.165, 1.54) is 13.8 Å². The predicted octanol–water partition coefficient (Wildman–Crippen LogP) is 2.52. The number of ether oxygens (including phenoxy) is 2. The normalized spacial score (nSPS) is 22.8. The van der Waals surface area contributed by atoms with E-state index in [1.807, 2.05) is 6.92 Å². The first-order valence-electron chi connectivity index (χ1n) is 10.4. The maximum atomic E-state index is 12.6. The molecule has 3 rings (SSSR count). The molecule has 4 atom stereocenters. The number of nitrogens with one attached hydrogen (secondary N) is 1. The Labute approximate surface area is 175 Å². The van der Waals surface area contributed by atoms with Crippen molar-refractivity contribution in [1.29, 1.82) is 0 Å². The van der Waals surface area contributed by atoms with Crippen LogP contribution in [0.3, 0.4) is 0 Å². The largest absolute Gasteiger partial charge is 0.494 e. The summed E-state index contributed by atoms with van der Waals surface area (Å²) in [6.07, 6.45) is 2.09. The maximum Gasteiger partial charge on any atom is 0.329 e. The molecular weight excluding hydrogens is 388 g/mol. The molecule has 1 saturated carbocycles.